The Kier molecular flexibility index (Phi) is 13.4. The number of alkyl carbamates (subject to hydrolysis) is 1. The molecule has 0 bridgehead atoms. The number of carboxylic acid groups (broad SMARTS) is 1. The van der Waals surface area contributed by atoms with Crippen LogP contribution in [-0.4, -0.2) is 65.3 Å². The molecule has 0 fully saturated rings. The number of unbranched alkanes of at least 4 members (excludes halogenated alkanes) is 1. The van der Waals surface area contributed by atoms with Crippen molar-refractivity contribution in [3.8, 4) is 5.75 Å². The van der Waals surface area contributed by atoms with Gasteiger partial charge in [-0.25, -0.2) is 9.59 Å². The minimum absolute atomic E-state index is 0.0131. The maximum atomic E-state index is 13.5. The van der Waals surface area contributed by atoms with Gasteiger partial charge in [0.05, 0.1) is 6.61 Å². The van der Waals surface area contributed by atoms with Gasteiger partial charge in [0.25, 0.3) is 0 Å². The van der Waals surface area contributed by atoms with Crippen molar-refractivity contribution in [2.75, 3.05) is 19.8 Å². The van der Waals surface area contributed by atoms with E-state index in [-0.39, 0.29) is 32.5 Å². The highest BCUT2D eigenvalue weighted by Crippen LogP contribution is 2.19. The first-order valence-electron chi connectivity index (χ1n) is 13.5. The van der Waals surface area contributed by atoms with Gasteiger partial charge in [0.15, 0.2) is 0 Å². The summed E-state index contributed by atoms with van der Waals surface area (Å²) < 4.78 is 16.3. The van der Waals surface area contributed by atoms with Gasteiger partial charge in [-0.3, -0.25) is 9.59 Å². The Labute approximate surface area is 241 Å². The zero-order chi connectivity index (χ0) is 30.3. The molecule has 0 aromatic heterocycles. The Bertz CT molecular complexity index is 1140. The van der Waals surface area contributed by atoms with Crippen LogP contribution < -0.4 is 10.1 Å². The normalized spacial score (nSPS) is 11.6. The van der Waals surface area contributed by atoms with Crippen LogP contribution in [0.1, 0.15) is 51.2 Å². The summed E-state index contributed by atoms with van der Waals surface area (Å²) in [5.41, 5.74) is 0.818. The molecule has 1 atom stereocenters. The summed E-state index contributed by atoms with van der Waals surface area (Å²) in [4.78, 5) is 51.0. The molecule has 0 aliphatic rings. The van der Waals surface area contributed by atoms with E-state index in [0.29, 0.717) is 25.2 Å². The predicted octanol–water partition coefficient (Wildman–Crippen LogP) is 4.51. The summed E-state index contributed by atoms with van der Waals surface area (Å²) in [6, 6.07) is 15.3. The number of nitrogens with one attached hydrogen (secondary N) is 1. The molecule has 0 unspecified atom stereocenters. The number of benzene rings is 2. The molecule has 0 aliphatic heterocycles. The second kappa shape index (κ2) is 16.7. The van der Waals surface area contributed by atoms with E-state index >= 15 is 0 Å². The van der Waals surface area contributed by atoms with Crippen molar-refractivity contribution in [2.24, 2.45) is 0 Å². The minimum atomic E-state index is -0.976. The van der Waals surface area contributed by atoms with Gasteiger partial charge in [-0.1, -0.05) is 55.1 Å². The van der Waals surface area contributed by atoms with Crippen LogP contribution in [0, 0.1) is 0 Å². The molecular formula is C31H40N2O8. The lowest BCUT2D eigenvalue weighted by atomic mass is 10.0. The van der Waals surface area contributed by atoms with Crippen LogP contribution >= 0.6 is 0 Å². The van der Waals surface area contributed by atoms with Gasteiger partial charge < -0.3 is 29.5 Å². The number of nitrogens with zero attached hydrogens (tertiary/aromatic N) is 1. The van der Waals surface area contributed by atoms with Gasteiger partial charge in [0.1, 0.15) is 30.5 Å². The second-order valence-electron chi connectivity index (χ2n) is 10.3. The van der Waals surface area contributed by atoms with Crippen LogP contribution in [-0.2, 0) is 36.8 Å². The average Bonchev–Trinajstić information content (AvgIpc) is 2.92. The van der Waals surface area contributed by atoms with Crippen molar-refractivity contribution in [3.63, 3.8) is 0 Å². The number of hydrogen-bond donors (Lipinski definition) is 2. The van der Waals surface area contributed by atoms with Crippen LogP contribution in [0.15, 0.2) is 67.3 Å². The molecule has 0 saturated carbocycles. The summed E-state index contributed by atoms with van der Waals surface area (Å²) in [7, 11) is 0. The highest BCUT2D eigenvalue weighted by atomic mass is 16.6. The van der Waals surface area contributed by atoms with E-state index in [1.165, 1.54) is 11.0 Å². The van der Waals surface area contributed by atoms with Gasteiger partial charge in [0, 0.05) is 19.4 Å². The van der Waals surface area contributed by atoms with Gasteiger partial charge in [-0.05, 0) is 56.9 Å². The summed E-state index contributed by atoms with van der Waals surface area (Å²) in [6.45, 7) is 8.79. The van der Waals surface area contributed by atoms with Crippen molar-refractivity contribution in [1.82, 2.24) is 10.2 Å². The Morgan fingerprint density at radius 1 is 1.00 bits per heavy atom. The molecule has 222 valence electrons. The third kappa shape index (κ3) is 13.0. The number of aliphatic carboxylic acids is 1. The van der Waals surface area contributed by atoms with Crippen molar-refractivity contribution in [3.05, 3.63) is 78.4 Å². The van der Waals surface area contributed by atoms with Crippen molar-refractivity contribution in [2.45, 2.75) is 64.6 Å². The van der Waals surface area contributed by atoms with Gasteiger partial charge >= 0.3 is 18.0 Å². The van der Waals surface area contributed by atoms with E-state index in [1.807, 2.05) is 30.3 Å². The highest BCUT2D eigenvalue weighted by Gasteiger charge is 2.32. The molecule has 2 aromatic rings. The van der Waals surface area contributed by atoms with E-state index in [9.17, 15) is 19.2 Å². The molecule has 2 rings (SSSR count). The smallest absolute Gasteiger partial charge is 0.408 e. The van der Waals surface area contributed by atoms with E-state index in [2.05, 4.69) is 11.9 Å². The first-order valence-corrected chi connectivity index (χ1v) is 13.5. The molecule has 0 saturated heterocycles. The fourth-order valence-electron chi connectivity index (χ4n) is 3.79. The molecule has 0 heterocycles. The number of ether oxygens (including phenoxy) is 3. The maximum absolute atomic E-state index is 13.5. The van der Waals surface area contributed by atoms with Gasteiger partial charge in [0.2, 0.25) is 5.91 Å². The lowest BCUT2D eigenvalue weighted by molar-refractivity contribution is -0.154. The van der Waals surface area contributed by atoms with Crippen LogP contribution in [0.4, 0.5) is 4.79 Å². The van der Waals surface area contributed by atoms with E-state index in [1.54, 1.807) is 45.0 Å². The van der Waals surface area contributed by atoms with E-state index in [4.69, 9.17) is 19.3 Å². The Balaban J connectivity index is 2.24. The Morgan fingerprint density at radius 3 is 2.29 bits per heavy atom. The Morgan fingerprint density at radius 2 is 1.68 bits per heavy atom. The quantitative estimate of drug-likeness (QED) is 0.172. The third-order valence-electron chi connectivity index (χ3n) is 5.70. The zero-order valence-electron chi connectivity index (χ0n) is 24.0. The molecule has 0 aliphatic carbocycles. The summed E-state index contributed by atoms with van der Waals surface area (Å²) in [6.07, 6.45) is 2.13. The first kappa shape index (κ1) is 32.9. The summed E-state index contributed by atoms with van der Waals surface area (Å²) in [5, 5.41) is 11.2. The molecular weight excluding hydrogens is 528 g/mol. The molecule has 2 aromatic carbocycles. The van der Waals surface area contributed by atoms with Gasteiger partial charge in [-0.2, -0.15) is 0 Å². The van der Waals surface area contributed by atoms with Crippen molar-refractivity contribution >= 4 is 23.9 Å². The minimum Gasteiger partial charge on any atom is -0.494 e. The van der Waals surface area contributed by atoms with Crippen LogP contribution in [0.2, 0.25) is 0 Å². The number of carboxylic acids is 1. The van der Waals surface area contributed by atoms with Crippen molar-refractivity contribution < 1.29 is 38.5 Å². The lowest BCUT2D eigenvalue weighted by Gasteiger charge is -2.31. The van der Waals surface area contributed by atoms with E-state index < -0.39 is 35.6 Å². The number of esters is 1. The van der Waals surface area contributed by atoms with Crippen LogP contribution in [0.25, 0.3) is 0 Å². The molecule has 2 amide bonds. The molecule has 0 spiro atoms. The average molecular weight is 569 g/mol. The number of carbonyl (C=O) groups excluding carboxylic acids is 3. The second-order valence-corrected chi connectivity index (χ2v) is 10.3. The fourth-order valence-corrected chi connectivity index (χ4v) is 3.79. The zero-order valence-corrected chi connectivity index (χ0v) is 24.0. The van der Waals surface area contributed by atoms with Crippen molar-refractivity contribution in [1.29, 1.82) is 0 Å². The number of amides is 2. The summed E-state index contributed by atoms with van der Waals surface area (Å²) >= 11 is 0. The van der Waals surface area contributed by atoms with Gasteiger partial charge in [-0.15, -0.1) is 0 Å². The predicted molar refractivity (Wildman–Crippen MR) is 153 cm³/mol. The third-order valence-corrected chi connectivity index (χ3v) is 5.70. The lowest BCUT2D eigenvalue weighted by Crippen LogP contribution is -2.50. The molecule has 10 nitrogen and oxygen atoms in total. The summed E-state index contributed by atoms with van der Waals surface area (Å²) in [5.74, 6) is -1.33. The molecule has 10 heteroatoms. The SMILES string of the molecule is C=CCOC(=O)[C@H](Cc1ccccc1)N(Cc1ccc(OCCCCC(=O)O)cc1)C(=O)CNC(=O)OC(C)(C)C. The molecule has 2 N–H and O–H groups in total. The maximum Gasteiger partial charge on any atom is 0.408 e. The topological polar surface area (TPSA) is 131 Å². The van der Waals surface area contributed by atoms with E-state index in [0.717, 1.165) is 11.1 Å². The number of hydrogen-bond acceptors (Lipinski definition) is 7. The largest absolute Gasteiger partial charge is 0.494 e. The molecule has 0 radical (unpaired) electrons. The fraction of sp³-hybridized carbons (Fsp3) is 0.419. The Hall–Kier alpha value is -4.34. The highest BCUT2D eigenvalue weighted by molar-refractivity contribution is 5.87. The standard InChI is InChI=1S/C31H40N2O8/c1-5-18-40-29(37)26(20-23-11-7-6-8-12-23)33(27(34)21-32-30(38)41-31(2,3)4)22-24-14-16-25(17-15-24)39-19-10-9-13-28(35)36/h5-8,11-12,14-17,26H,1,9-10,13,18-22H2,2-4H3,(H,32,38)(H,35,36)/t26-/m0/s1. The first-order chi connectivity index (χ1) is 19.5. The number of rotatable bonds is 16. The van der Waals surface area contributed by atoms with Crippen LogP contribution in [0.3, 0.4) is 0 Å². The molecule has 41 heavy (non-hydrogen) atoms. The number of carbonyl (C=O) groups is 4. The van der Waals surface area contributed by atoms with Crippen LogP contribution in [0.5, 0.6) is 5.75 Å². The monoisotopic (exact) mass is 568 g/mol.